The zero-order valence-corrected chi connectivity index (χ0v) is 17.3. The highest BCUT2D eigenvalue weighted by atomic mass is 127. The van der Waals surface area contributed by atoms with Crippen LogP contribution in [0.15, 0.2) is 47.6 Å². The minimum absolute atomic E-state index is 0. The molecule has 0 aliphatic carbocycles. The lowest BCUT2D eigenvalue weighted by Crippen LogP contribution is -2.38. The predicted molar refractivity (Wildman–Crippen MR) is 113 cm³/mol. The van der Waals surface area contributed by atoms with Crippen LogP contribution in [0.2, 0.25) is 10.2 Å². The van der Waals surface area contributed by atoms with Crippen LogP contribution in [-0.2, 0) is 13.0 Å². The molecule has 24 heavy (non-hydrogen) atoms. The van der Waals surface area contributed by atoms with E-state index in [1.165, 1.54) is 0 Å². The van der Waals surface area contributed by atoms with Crippen molar-refractivity contribution < 1.29 is 0 Å². The maximum absolute atomic E-state index is 5.89. The van der Waals surface area contributed by atoms with Crippen LogP contribution < -0.4 is 10.6 Å². The second kappa shape index (κ2) is 11.5. The van der Waals surface area contributed by atoms with E-state index in [1.54, 1.807) is 12.3 Å². The number of rotatable bonds is 6. The Morgan fingerprint density at radius 1 is 1.04 bits per heavy atom. The van der Waals surface area contributed by atoms with Gasteiger partial charge in [0.2, 0.25) is 0 Å². The lowest BCUT2D eigenvalue weighted by molar-refractivity contribution is 0.798. The molecular weight excluding hydrogens is 458 g/mol. The summed E-state index contributed by atoms with van der Waals surface area (Å²) in [6.07, 6.45) is 2.65. The van der Waals surface area contributed by atoms with Crippen LogP contribution in [0, 0.1) is 0 Å². The van der Waals surface area contributed by atoms with Crippen LogP contribution in [0.5, 0.6) is 0 Å². The van der Waals surface area contributed by atoms with Gasteiger partial charge in [0.05, 0.1) is 6.54 Å². The second-order valence-electron chi connectivity index (χ2n) is 4.99. The molecule has 0 fully saturated rings. The number of pyridine rings is 1. The zero-order valence-electron chi connectivity index (χ0n) is 13.4. The van der Waals surface area contributed by atoms with Gasteiger partial charge in [0.15, 0.2) is 5.96 Å². The number of aromatic nitrogens is 1. The van der Waals surface area contributed by atoms with Gasteiger partial charge in [-0.3, -0.25) is 0 Å². The van der Waals surface area contributed by atoms with Crippen molar-refractivity contribution in [3.63, 3.8) is 0 Å². The van der Waals surface area contributed by atoms with Crippen LogP contribution in [0.25, 0.3) is 0 Å². The van der Waals surface area contributed by atoms with E-state index < -0.39 is 0 Å². The molecule has 0 spiro atoms. The summed E-state index contributed by atoms with van der Waals surface area (Å²) in [5.41, 5.74) is 2.25. The summed E-state index contributed by atoms with van der Waals surface area (Å²) >= 11 is 11.7. The van der Waals surface area contributed by atoms with Crippen LogP contribution in [-0.4, -0.2) is 24.0 Å². The molecular formula is C17H21Cl2IN4. The highest BCUT2D eigenvalue weighted by Crippen LogP contribution is 2.10. The molecule has 1 heterocycles. The Morgan fingerprint density at radius 2 is 1.75 bits per heavy atom. The van der Waals surface area contributed by atoms with Gasteiger partial charge in [0.25, 0.3) is 0 Å². The average Bonchev–Trinajstić information content (AvgIpc) is 2.56. The molecule has 0 radical (unpaired) electrons. The van der Waals surface area contributed by atoms with Gasteiger partial charge in [-0.25, -0.2) is 9.98 Å². The summed E-state index contributed by atoms with van der Waals surface area (Å²) in [5, 5.41) is 7.80. The van der Waals surface area contributed by atoms with Crippen LogP contribution in [0.4, 0.5) is 0 Å². The summed E-state index contributed by atoms with van der Waals surface area (Å²) in [6, 6.07) is 11.5. The third kappa shape index (κ3) is 7.68. The molecule has 0 saturated carbocycles. The molecule has 2 rings (SSSR count). The third-order valence-electron chi connectivity index (χ3n) is 3.17. The molecule has 2 N–H and O–H groups in total. The maximum atomic E-state index is 5.89. The Kier molecular flexibility index (Phi) is 10.1. The molecule has 0 unspecified atom stereocenters. The third-order valence-corrected chi connectivity index (χ3v) is 3.65. The molecule has 0 aliphatic heterocycles. The first-order valence-electron chi connectivity index (χ1n) is 7.54. The smallest absolute Gasteiger partial charge is 0.191 e. The molecule has 0 amide bonds. The largest absolute Gasteiger partial charge is 0.357 e. The van der Waals surface area contributed by atoms with E-state index in [2.05, 4.69) is 20.6 Å². The number of hydrogen-bond donors (Lipinski definition) is 2. The minimum Gasteiger partial charge on any atom is -0.357 e. The number of nitrogens with one attached hydrogen (secondary N) is 2. The molecule has 1 aromatic heterocycles. The van der Waals surface area contributed by atoms with Crippen molar-refractivity contribution in [3.8, 4) is 0 Å². The monoisotopic (exact) mass is 478 g/mol. The number of hydrogen-bond acceptors (Lipinski definition) is 2. The Hall–Kier alpha value is -1.05. The highest BCUT2D eigenvalue weighted by Gasteiger charge is 1.99. The number of nitrogens with zero attached hydrogens (tertiary/aromatic N) is 2. The first-order valence-corrected chi connectivity index (χ1v) is 8.30. The van der Waals surface area contributed by atoms with Gasteiger partial charge < -0.3 is 10.6 Å². The molecule has 2 aromatic rings. The van der Waals surface area contributed by atoms with E-state index in [4.69, 9.17) is 23.2 Å². The van der Waals surface area contributed by atoms with Gasteiger partial charge in [-0.1, -0.05) is 41.4 Å². The predicted octanol–water partition coefficient (Wildman–Crippen LogP) is 4.30. The molecule has 4 nitrogen and oxygen atoms in total. The van der Waals surface area contributed by atoms with Gasteiger partial charge in [-0.15, -0.1) is 24.0 Å². The van der Waals surface area contributed by atoms with E-state index >= 15 is 0 Å². The molecule has 7 heteroatoms. The Labute approximate surface area is 170 Å². The van der Waals surface area contributed by atoms with E-state index in [9.17, 15) is 0 Å². The molecule has 0 atom stereocenters. The Balaban J connectivity index is 0.00000288. The fourth-order valence-electron chi connectivity index (χ4n) is 1.98. The molecule has 1 aromatic carbocycles. The summed E-state index contributed by atoms with van der Waals surface area (Å²) in [7, 11) is 0. The summed E-state index contributed by atoms with van der Waals surface area (Å²) in [5.74, 6) is 0.796. The average molecular weight is 479 g/mol. The van der Waals surface area contributed by atoms with Crippen molar-refractivity contribution in [1.29, 1.82) is 0 Å². The normalized spacial score (nSPS) is 10.9. The SMILES string of the molecule is CCNC(=NCc1ccc(Cl)cc1)NCCc1ccc(Cl)nc1.I. The number of aliphatic imine (C=N–C) groups is 1. The van der Waals surface area contributed by atoms with Gasteiger partial charge in [0, 0.05) is 24.3 Å². The highest BCUT2D eigenvalue weighted by molar-refractivity contribution is 14.0. The van der Waals surface area contributed by atoms with E-state index in [1.807, 2.05) is 37.3 Å². The summed E-state index contributed by atoms with van der Waals surface area (Å²) in [4.78, 5) is 8.65. The number of benzene rings is 1. The van der Waals surface area contributed by atoms with Crippen molar-refractivity contribution in [2.75, 3.05) is 13.1 Å². The van der Waals surface area contributed by atoms with Gasteiger partial charge in [-0.2, -0.15) is 0 Å². The van der Waals surface area contributed by atoms with Crippen molar-refractivity contribution in [3.05, 3.63) is 63.9 Å². The van der Waals surface area contributed by atoms with Gasteiger partial charge >= 0.3 is 0 Å². The fraction of sp³-hybridized carbons (Fsp3) is 0.294. The molecule has 0 saturated heterocycles. The Bertz CT molecular complexity index is 630. The van der Waals surface area contributed by atoms with E-state index in [0.717, 1.165) is 41.6 Å². The quantitative estimate of drug-likeness (QED) is 0.281. The number of halogens is 3. The van der Waals surface area contributed by atoms with Crippen molar-refractivity contribution in [2.24, 2.45) is 4.99 Å². The maximum Gasteiger partial charge on any atom is 0.191 e. The minimum atomic E-state index is 0. The van der Waals surface area contributed by atoms with Crippen molar-refractivity contribution in [1.82, 2.24) is 15.6 Å². The van der Waals surface area contributed by atoms with Crippen molar-refractivity contribution in [2.45, 2.75) is 19.9 Å². The summed E-state index contributed by atoms with van der Waals surface area (Å²) < 4.78 is 0. The molecule has 130 valence electrons. The van der Waals surface area contributed by atoms with Gasteiger partial charge in [0.1, 0.15) is 5.15 Å². The topological polar surface area (TPSA) is 49.3 Å². The first kappa shape index (κ1) is 21.0. The second-order valence-corrected chi connectivity index (χ2v) is 5.81. The summed E-state index contributed by atoms with van der Waals surface area (Å²) in [6.45, 7) is 4.24. The van der Waals surface area contributed by atoms with Crippen LogP contribution in [0.3, 0.4) is 0 Å². The number of guanidine groups is 1. The molecule has 0 aliphatic rings. The fourth-order valence-corrected chi connectivity index (χ4v) is 2.22. The standard InChI is InChI=1S/C17H20Cl2N4.HI/c1-2-20-17(23-12-13-3-6-15(18)7-4-13)21-10-9-14-5-8-16(19)22-11-14;/h3-8,11H,2,9-10,12H2,1H3,(H2,20,21,23);1H. The van der Waals surface area contributed by atoms with E-state index in [-0.39, 0.29) is 24.0 Å². The Morgan fingerprint density at radius 3 is 2.38 bits per heavy atom. The van der Waals surface area contributed by atoms with Gasteiger partial charge in [-0.05, 0) is 42.7 Å². The van der Waals surface area contributed by atoms with Crippen molar-refractivity contribution >= 4 is 53.1 Å². The first-order chi connectivity index (χ1) is 11.2. The zero-order chi connectivity index (χ0) is 16.5. The van der Waals surface area contributed by atoms with Crippen LogP contribution >= 0.6 is 47.2 Å². The van der Waals surface area contributed by atoms with E-state index in [0.29, 0.717) is 11.7 Å². The lowest BCUT2D eigenvalue weighted by atomic mass is 10.2. The lowest BCUT2D eigenvalue weighted by Gasteiger charge is -2.11. The molecule has 0 bridgehead atoms. The van der Waals surface area contributed by atoms with Crippen LogP contribution in [0.1, 0.15) is 18.1 Å².